The van der Waals surface area contributed by atoms with Crippen molar-refractivity contribution in [3.05, 3.63) is 24.3 Å². The van der Waals surface area contributed by atoms with Crippen LogP contribution in [0.1, 0.15) is 25.7 Å². The topological polar surface area (TPSA) is 41.6 Å². The summed E-state index contributed by atoms with van der Waals surface area (Å²) in [7, 11) is 1.57. The van der Waals surface area contributed by atoms with Gasteiger partial charge in [0.15, 0.2) is 0 Å². The molecule has 1 saturated heterocycles. The molecule has 1 aliphatic heterocycles. The molecule has 1 heterocycles. The van der Waals surface area contributed by atoms with Gasteiger partial charge in [-0.15, -0.1) is 25.6 Å². The number of nitrogens with zero attached hydrogens (tertiary/aromatic N) is 1. The number of carbonyl (C=O) groups excluding carboxylic acids is 1. The fourth-order valence-corrected chi connectivity index (χ4v) is 2.70. The van der Waals surface area contributed by atoms with E-state index < -0.39 is 6.36 Å². The lowest BCUT2D eigenvalue weighted by Gasteiger charge is -2.24. The van der Waals surface area contributed by atoms with E-state index in [1.807, 2.05) is 0 Å². The second kappa shape index (κ2) is 9.13. The number of nitrogens with one attached hydrogen (secondary N) is 1. The number of piperidine rings is 1. The minimum Gasteiger partial charge on any atom is -0.406 e. The van der Waals surface area contributed by atoms with Gasteiger partial charge in [0.05, 0.1) is 0 Å². The molecule has 0 aromatic heterocycles. The van der Waals surface area contributed by atoms with Crippen LogP contribution in [-0.4, -0.2) is 32.4 Å². The summed E-state index contributed by atoms with van der Waals surface area (Å²) in [6.07, 6.45) is -1.41. The molecule has 1 aromatic rings. The monoisotopic (exact) mass is 366 g/mol. The van der Waals surface area contributed by atoms with Gasteiger partial charge < -0.3 is 15.0 Å². The van der Waals surface area contributed by atoms with Crippen molar-refractivity contribution in [1.82, 2.24) is 5.32 Å². The molecule has 0 saturated carbocycles. The van der Waals surface area contributed by atoms with E-state index in [-0.39, 0.29) is 24.1 Å². The van der Waals surface area contributed by atoms with Gasteiger partial charge in [-0.2, -0.15) is 0 Å². The molecule has 0 atom stereocenters. The molecule has 24 heavy (non-hydrogen) atoms. The fraction of sp³-hybridized carbons (Fsp3) is 0.562. The zero-order valence-corrected chi connectivity index (χ0v) is 14.3. The number of hydrogen-bond donors (Lipinski definition) is 1. The van der Waals surface area contributed by atoms with Crippen molar-refractivity contribution < 1.29 is 22.7 Å². The summed E-state index contributed by atoms with van der Waals surface area (Å²) in [5.74, 6) is 0.106. The van der Waals surface area contributed by atoms with Crippen molar-refractivity contribution in [2.24, 2.45) is 5.92 Å². The molecule has 0 unspecified atom stereocenters. The lowest BCUT2D eigenvalue weighted by atomic mass is 9.93. The summed E-state index contributed by atoms with van der Waals surface area (Å²) < 4.78 is 40.6. The number of rotatable bonds is 5. The van der Waals surface area contributed by atoms with Gasteiger partial charge in [-0.3, -0.25) is 4.79 Å². The Hall–Kier alpha value is -1.47. The van der Waals surface area contributed by atoms with Crippen molar-refractivity contribution in [2.75, 3.05) is 25.0 Å². The summed E-state index contributed by atoms with van der Waals surface area (Å²) in [5.41, 5.74) is 0.391. The highest BCUT2D eigenvalue weighted by molar-refractivity contribution is 5.92. The van der Waals surface area contributed by atoms with E-state index in [4.69, 9.17) is 0 Å². The molecule has 1 aromatic carbocycles. The van der Waals surface area contributed by atoms with Crippen LogP contribution in [0.5, 0.6) is 5.75 Å². The van der Waals surface area contributed by atoms with Crippen LogP contribution in [0.2, 0.25) is 0 Å². The molecular formula is C16H22ClF3N2O2. The number of anilines is 1. The Morgan fingerprint density at radius 1 is 1.33 bits per heavy atom. The SMILES string of the molecule is CN(C(=O)CCC1CCNCC1)c1cccc(OC(F)(F)F)c1.Cl. The normalized spacial score (nSPS) is 15.5. The highest BCUT2D eigenvalue weighted by Crippen LogP contribution is 2.27. The third-order valence-electron chi connectivity index (χ3n) is 4.04. The van der Waals surface area contributed by atoms with Crippen LogP contribution < -0.4 is 15.0 Å². The molecule has 4 nitrogen and oxygen atoms in total. The number of alkyl halides is 3. The van der Waals surface area contributed by atoms with Crippen LogP contribution in [0, 0.1) is 5.92 Å². The molecule has 1 aliphatic rings. The van der Waals surface area contributed by atoms with Crippen LogP contribution in [0.3, 0.4) is 0 Å². The first-order chi connectivity index (χ1) is 10.8. The number of hydrogen-bond acceptors (Lipinski definition) is 3. The third-order valence-corrected chi connectivity index (χ3v) is 4.04. The van der Waals surface area contributed by atoms with E-state index in [1.54, 1.807) is 13.1 Å². The van der Waals surface area contributed by atoms with Gasteiger partial charge >= 0.3 is 6.36 Å². The third kappa shape index (κ3) is 6.57. The van der Waals surface area contributed by atoms with Crippen LogP contribution in [0.25, 0.3) is 0 Å². The quantitative estimate of drug-likeness (QED) is 0.863. The van der Waals surface area contributed by atoms with E-state index >= 15 is 0 Å². The first-order valence-electron chi connectivity index (χ1n) is 7.68. The molecule has 2 rings (SSSR count). The van der Waals surface area contributed by atoms with E-state index in [1.165, 1.54) is 23.1 Å². The van der Waals surface area contributed by atoms with E-state index in [0.29, 0.717) is 18.0 Å². The molecule has 136 valence electrons. The highest BCUT2D eigenvalue weighted by Gasteiger charge is 2.31. The molecular weight excluding hydrogens is 345 g/mol. The predicted molar refractivity (Wildman–Crippen MR) is 88.6 cm³/mol. The van der Waals surface area contributed by atoms with Crippen molar-refractivity contribution in [2.45, 2.75) is 32.0 Å². The first-order valence-corrected chi connectivity index (χ1v) is 7.68. The van der Waals surface area contributed by atoms with Gasteiger partial charge in [0.1, 0.15) is 5.75 Å². The summed E-state index contributed by atoms with van der Waals surface area (Å²) in [4.78, 5) is 13.6. The molecule has 1 amide bonds. The lowest BCUT2D eigenvalue weighted by Crippen LogP contribution is -2.30. The highest BCUT2D eigenvalue weighted by atomic mass is 35.5. The number of ether oxygens (including phenoxy) is 1. The molecule has 0 aliphatic carbocycles. The Morgan fingerprint density at radius 2 is 2.00 bits per heavy atom. The largest absolute Gasteiger partial charge is 0.573 e. The Kier molecular flexibility index (Phi) is 7.83. The predicted octanol–water partition coefficient (Wildman–Crippen LogP) is 3.75. The first kappa shape index (κ1) is 20.6. The van der Waals surface area contributed by atoms with Gasteiger partial charge in [-0.1, -0.05) is 6.07 Å². The second-order valence-corrected chi connectivity index (χ2v) is 5.73. The van der Waals surface area contributed by atoms with Crippen LogP contribution in [0.15, 0.2) is 24.3 Å². The zero-order chi connectivity index (χ0) is 16.9. The fourth-order valence-electron chi connectivity index (χ4n) is 2.70. The average molecular weight is 367 g/mol. The average Bonchev–Trinajstić information content (AvgIpc) is 2.51. The number of amides is 1. The van der Waals surface area contributed by atoms with Crippen molar-refractivity contribution in [3.63, 3.8) is 0 Å². The molecule has 0 radical (unpaired) electrons. The van der Waals surface area contributed by atoms with Crippen LogP contribution >= 0.6 is 12.4 Å². The summed E-state index contributed by atoms with van der Waals surface area (Å²) in [6.45, 7) is 1.96. The summed E-state index contributed by atoms with van der Waals surface area (Å²) >= 11 is 0. The summed E-state index contributed by atoms with van der Waals surface area (Å²) in [6, 6.07) is 5.46. The molecule has 0 bridgehead atoms. The molecule has 1 N–H and O–H groups in total. The Labute approximate surface area is 145 Å². The van der Waals surface area contributed by atoms with E-state index in [9.17, 15) is 18.0 Å². The van der Waals surface area contributed by atoms with E-state index in [2.05, 4.69) is 10.1 Å². The van der Waals surface area contributed by atoms with E-state index in [0.717, 1.165) is 32.4 Å². The smallest absolute Gasteiger partial charge is 0.406 e. The molecule has 8 heteroatoms. The standard InChI is InChI=1S/C16H21F3N2O2.ClH/c1-21(15(22)6-5-12-7-9-20-10-8-12)13-3-2-4-14(11-13)23-16(17,18)19;/h2-4,11-12,20H,5-10H2,1H3;1H. The summed E-state index contributed by atoms with van der Waals surface area (Å²) in [5, 5.41) is 3.27. The van der Waals surface area contributed by atoms with Crippen molar-refractivity contribution >= 4 is 24.0 Å². The van der Waals surface area contributed by atoms with Gasteiger partial charge in [-0.05, 0) is 50.4 Å². The van der Waals surface area contributed by atoms with Gasteiger partial charge in [0.25, 0.3) is 0 Å². The zero-order valence-electron chi connectivity index (χ0n) is 13.4. The van der Waals surface area contributed by atoms with Gasteiger partial charge in [-0.25, -0.2) is 0 Å². The second-order valence-electron chi connectivity index (χ2n) is 5.73. The lowest BCUT2D eigenvalue weighted by molar-refractivity contribution is -0.274. The van der Waals surface area contributed by atoms with Gasteiger partial charge in [0.2, 0.25) is 5.91 Å². The minimum absolute atomic E-state index is 0. The molecule has 1 fully saturated rings. The Bertz CT molecular complexity index is 534. The molecule has 0 spiro atoms. The maximum Gasteiger partial charge on any atom is 0.573 e. The Morgan fingerprint density at radius 3 is 2.62 bits per heavy atom. The van der Waals surface area contributed by atoms with Crippen molar-refractivity contribution in [1.29, 1.82) is 0 Å². The van der Waals surface area contributed by atoms with Gasteiger partial charge in [0, 0.05) is 25.2 Å². The van der Waals surface area contributed by atoms with Crippen LogP contribution in [0.4, 0.5) is 18.9 Å². The number of benzene rings is 1. The maximum absolute atomic E-state index is 12.3. The van der Waals surface area contributed by atoms with Crippen molar-refractivity contribution in [3.8, 4) is 5.75 Å². The number of halogens is 4. The number of carbonyl (C=O) groups is 1. The van der Waals surface area contributed by atoms with Crippen LogP contribution in [-0.2, 0) is 4.79 Å². The minimum atomic E-state index is -4.74. The Balaban J connectivity index is 0.00000288. The maximum atomic E-state index is 12.3.